The zero-order valence-corrected chi connectivity index (χ0v) is 15.4. The van der Waals surface area contributed by atoms with E-state index in [9.17, 15) is 9.65 Å². The Hall–Kier alpha value is -2.23. The van der Waals surface area contributed by atoms with E-state index in [1.807, 2.05) is 30.3 Å². The predicted octanol–water partition coefficient (Wildman–Crippen LogP) is 5.53. The Morgan fingerprint density at radius 1 is 1.00 bits per heavy atom. The second-order valence-corrected chi connectivity index (χ2v) is 6.89. The van der Waals surface area contributed by atoms with Gasteiger partial charge in [-0.1, -0.05) is 44.0 Å². The second kappa shape index (κ2) is 6.71. The highest BCUT2D eigenvalue weighted by Gasteiger charge is 2.16. The van der Waals surface area contributed by atoms with Crippen molar-refractivity contribution >= 4 is 37.7 Å². The molecule has 0 spiro atoms. The Balaban J connectivity index is 2.29. The third kappa shape index (κ3) is 3.18. The molecule has 0 aliphatic heterocycles. The number of nitrogens with two attached hydrogens (primary N) is 1. The molecule has 3 aromatic rings. The van der Waals surface area contributed by atoms with Crippen LogP contribution in [-0.2, 0) is 0 Å². The molecule has 0 radical (unpaired) electrons. The monoisotopic (exact) mass is 445 g/mol. The molecule has 24 heavy (non-hydrogen) atoms. The lowest BCUT2D eigenvalue weighted by Gasteiger charge is -2.11. The summed E-state index contributed by atoms with van der Waals surface area (Å²) in [5.74, 6) is -0.357. The normalized spacial score (nSPS) is 10.4. The molecule has 0 saturated carbocycles. The number of hydrogen-bond acceptors (Lipinski definition) is 3. The van der Waals surface area contributed by atoms with E-state index in [0.717, 1.165) is 10.0 Å². The molecule has 0 atom stereocenters. The summed E-state index contributed by atoms with van der Waals surface area (Å²) in [5.41, 5.74) is 8.21. The van der Waals surface area contributed by atoms with Crippen LogP contribution in [0.3, 0.4) is 0 Å². The fourth-order valence-corrected chi connectivity index (χ4v) is 3.15. The summed E-state index contributed by atoms with van der Waals surface area (Å²) in [6.07, 6.45) is 0. The van der Waals surface area contributed by atoms with Crippen molar-refractivity contribution in [1.82, 2.24) is 4.98 Å². The molecule has 1 aromatic heterocycles. The summed E-state index contributed by atoms with van der Waals surface area (Å²) < 4.78 is 15.9. The van der Waals surface area contributed by atoms with Gasteiger partial charge < -0.3 is 5.73 Å². The van der Waals surface area contributed by atoms with Gasteiger partial charge in [-0.15, -0.1) is 0 Å². The number of anilines is 1. The van der Waals surface area contributed by atoms with E-state index in [-0.39, 0.29) is 11.4 Å². The minimum atomic E-state index is -0.430. The lowest BCUT2D eigenvalue weighted by atomic mass is 9.98. The average molecular weight is 447 g/mol. The highest BCUT2D eigenvalue weighted by atomic mass is 79.9. The number of aromatic nitrogens is 1. The summed E-state index contributed by atoms with van der Waals surface area (Å²) in [7, 11) is 0. The first-order chi connectivity index (χ1) is 11.5. The summed E-state index contributed by atoms with van der Waals surface area (Å²) in [5, 5.41) is 9.41. The molecular weight excluding hydrogens is 437 g/mol. The van der Waals surface area contributed by atoms with E-state index in [0.29, 0.717) is 21.3 Å². The maximum atomic E-state index is 14.3. The van der Waals surface area contributed by atoms with Crippen LogP contribution < -0.4 is 5.73 Å². The van der Waals surface area contributed by atoms with Crippen molar-refractivity contribution in [2.45, 2.75) is 0 Å². The third-order valence-electron chi connectivity index (χ3n) is 3.50. The van der Waals surface area contributed by atoms with Crippen molar-refractivity contribution in [1.29, 1.82) is 5.26 Å². The number of benzene rings is 2. The number of pyridine rings is 1. The van der Waals surface area contributed by atoms with Gasteiger partial charge in [0.15, 0.2) is 0 Å². The largest absolute Gasteiger partial charge is 0.383 e. The van der Waals surface area contributed by atoms with Gasteiger partial charge in [0.05, 0.1) is 5.69 Å². The van der Waals surface area contributed by atoms with Gasteiger partial charge >= 0.3 is 0 Å². The van der Waals surface area contributed by atoms with Crippen molar-refractivity contribution in [2.24, 2.45) is 0 Å². The molecule has 0 saturated heterocycles. The van der Waals surface area contributed by atoms with Gasteiger partial charge in [-0.25, -0.2) is 9.37 Å². The summed E-state index contributed by atoms with van der Waals surface area (Å²) in [6, 6.07) is 15.8. The van der Waals surface area contributed by atoms with Crippen LogP contribution in [0.5, 0.6) is 0 Å². The van der Waals surface area contributed by atoms with Crippen molar-refractivity contribution in [3.63, 3.8) is 0 Å². The zero-order chi connectivity index (χ0) is 17.3. The van der Waals surface area contributed by atoms with Crippen molar-refractivity contribution in [3.05, 3.63) is 68.9 Å². The zero-order valence-electron chi connectivity index (χ0n) is 12.2. The molecule has 2 N–H and O–H groups in total. The highest BCUT2D eigenvalue weighted by molar-refractivity contribution is 9.10. The standard InChI is InChI=1S/C18H10Br2FN3/c19-11-3-1-2-10(6-11)17-8-13(15(9-22)18(23)24-17)14-7-12(20)4-5-16(14)21/h1-8H,(H2,23,24). The van der Waals surface area contributed by atoms with Gasteiger partial charge in [0.25, 0.3) is 0 Å². The number of rotatable bonds is 2. The Kier molecular flexibility index (Phi) is 4.65. The molecule has 3 nitrogen and oxygen atoms in total. The van der Waals surface area contributed by atoms with Gasteiger partial charge in [0.2, 0.25) is 0 Å². The quantitative estimate of drug-likeness (QED) is 0.562. The van der Waals surface area contributed by atoms with Crippen molar-refractivity contribution < 1.29 is 4.39 Å². The Morgan fingerprint density at radius 2 is 1.75 bits per heavy atom. The van der Waals surface area contributed by atoms with E-state index in [4.69, 9.17) is 5.73 Å². The first kappa shape index (κ1) is 16.6. The van der Waals surface area contributed by atoms with Crippen LogP contribution in [0.2, 0.25) is 0 Å². The predicted molar refractivity (Wildman–Crippen MR) is 99.6 cm³/mol. The van der Waals surface area contributed by atoms with Crippen LogP contribution in [0.1, 0.15) is 5.56 Å². The molecule has 6 heteroatoms. The van der Waals surface area contributed by atoms with E-state index in [2.05, 4.69) is 36.8 Å². The highest BCUT2D eigenvalue weighted by Crippen LogP contribution is 2.34. The Morgan fingerprint density at radius 3 is 2.46 bits per heavy atom. The Bertz CT molecular complexity index is 980. The molecule has 0 bridgehead atoms. The van der Waals surface area contributed by atoms with E-state index in [1.54, 1.807) is 18.2 Å². The molecule has 2 aromatic carbocycles. The maximum absolute atomic E-state index is 14.3. The maximum Gasteiger partial charge on any atom is 0.142 e. The minimum Gasteiger partial charge on any atom is -0.383 e. The molecule has 0 aliphatic carbocycles. The molecule has 1 heterocycles. The fraction of sp³-hybridized carbons (Fsp3) is 0. The lowest BCUT2D eigenvalue weighted by Crippen LogP contribution is -2.00. The van der Waals surface area contributed by atoms with Gasteiger partial charge in [0.1, 0.15) is 23.3 Å². The van der Waals surface area contributed by atoms with Gasteiger partial charge in [-0.3, -0.25) is 0 Å². The van der Waals surface area contributed by atoms with Crippen molar-refractivity contribution in [3.8, 4) is 28.5 Å². The molecule has 0 amide bonds. The topological polar surface area (TPSA) is 62.7 Å². The number of nitriles is 1. The molecule has 0 aliphatic rings. The first-order valence-electron chi connectivity index (χ1n) is 6.91. The number of nitrogen functional groups attached to an aromatic ring is 1. The van der Waals surface area contributed by atoms with Crippen LogP contribution in [0.4, 0.5) is 10.2 Å². The molecule has 118 valence electrons. The van der Waals surface area contributed by atoms with Gasteiger partial charge in [-0.05, 0) is 36.4 Å². The van der Waals surface area contributed by atoms with Crippen LogP contribution in [-0.4, -0.2) is 4.98 Å². The second-order valence-electron chi connectivity index (χ2n) is 5.06. The minimum absolute atomic E-state index is 0.0735. The number of halogens is 3. The lowest BCUT2D eigenvalue weighted by molar-refractivity contribution is 0.631. The molecule has 3 rings (SSSR count). The van der Waals surface area contributed by atoms with E-state index >= 15 is 0 Å². The van der Waals surface area contributed by atoms with Crippen LogP contribution in [0.25, 0.3) is 22.4 Å². The molecular formula is C18H10Br2FN3. The fourth-order valence-electron chi connectivity index (χ4n) is 2.39. The summed E-state index contributed by atoms with van der Waals surface area (Å²) >= 11 is 6.74. The van der Waals surface area contributed by atoms with Crippen molar-refractivity contribution in [2.75, 3.05) is 5.73 Å². The van der Waals surface area contributed by atoms with E-state index in [1.165, 1.54) is 6.07 Å². The molecule has 0 unspecified atom stereocenters. The smallest absolute Gasteiger partial charge is 0.142 e. The summed E-state index contributed by atoms with van der Waals surface area (Å²) in [4.78, 5) is 4.29. The van der Waals surface area contributed by atoms with Gasteiger partial charge in [0, 0.05) is 25.6 Å². The third-order valence-corrected chi connectivity index (χ3v) is 4.48. The number of hydrogen-bond donors (Lipinski definition) is 1. The molecule has 0 fully saturated rings. The Labute approximate surface area is 155 Å². The number of nitrogens with zero attached hydrogens (tertiary/aromatic N) is 2. The van der Waals surface area contributed by atoms with Gasteiger partial charge in [-0.2, -0.15) is 5.26 Å². The SMILES string of the molecule is N#Cc1c(-c2cc(Br)ccc2F)cc(-c2cccc(Br)c2)nc1N. The van der Waals surface area contributed by atoms with Crippen LogP contribution in [0.15, 0.2) is 57.5 Å². The van der Waals surface area contributed by atoms with Crippen LogP contribution in [0, 0.1) is 17.1 Å². The summed E-state index contributed by atoms with van der Waals surface area (Å²) in [6.45, 7) is 0. The first-order valence-corrected chi connectivity index (χ1v) is 8.50. The van der Waals surface area contributed by atoms with Crippen LogP contribution >= 0.6 is 31.9 Å². The average Bonchev–Trinajstić information content (AvgIpc) is 2.56. The van der Waals surface area contributed by atoms with E-state index < -0.39 is 5.82 Å².